The van der Waals surface area contributed by atoms with E-state index in [-0.39, 0.29) is 0 Å². The minimum Gasteiger partial charge on any atom is -0.380 e. The molecule has 0 spiro atoms. The summed E-state index contributed by atoms with van der Waals surface area (Å²) in [4.78, 5) is 11.0. The van der Waals surface area contributed by atoms with Crippen LogP contribution in [0.5, 0.6) is 0 Å². The monoisotopic (exact) mass is 202 g/mol. The predicted molar refractivity (Wildman–Crippen MR) is 56.7 cm³/mol. The van der Waals surface area contributed by atoms with Gasteiger partial charge in [0, 0.05) is 0 Å². The van der Waals surface area contributed by atoms with Crippen LogP contribution in [-0.4, -0.2) is 15.0 Å². The first kappa shape index (κ1) is 9.46. The van der Waals surface area contributed by atoms with E-state index in [1.54, 1.807) is 6.33 Å². The maximum atomic E-state index is 5.79. The third-order valence-electron chi connectivity index (χ3n) is 2.38. The lowest BCUT2D eigenvalue weighted by molar-refractivity contribution is -0.718. The average molecular weight is 202 g/mol. The minimum absolute atomic E-state index is 0.421. The smallest absolute Gasteiger partial charge is 0.271 e. The van der Waals surface area contributed by atoms with Crippen LogP contribution in [0.25, 0.3) is 11.2 Å². The molecule has 0 aliphatic heterocycles. The van der Waals surface area contributed by atoms with E-state index in [2.05, 4.69) is 20.9 Å². The number of hydrogen-bond acceptors (Lipinski definition) is 3. The molecule has 2 aromatic heterocycles. The first-order valence-electron chi connectivity index (χ1n) is 4.54. The molecule has 0 bridgehead atoms. The Morgan fingerprint density at radius 3 is 2.93 bits per heavy atom. The molecule has 5 heteroatoms. The number of hydrogen-bond donors (Lipinski definition) is 2. The van der Waals surface area contributed by atoms with Crippen molar-refractivity contribution in [2.45, 2.75) is 19.4 Å². The van der Waals surface area contributed by atoms with Crippen molar-refractivity contribution in [3.8, 4) is 12.3 Å². The van der Waals surface area contributed by atoms with Crippen LogP contribution in [0.2, 0.25) is 0 Å². The van der Waals surface area contributed by atoms with Crippen LogP contribution in [0.3, 0.4) is 0 Å². The first-order chi connectivity index (χ1) is 7.06. The second kappa shape index (κ2) is 2.95. The van der Waals surface area contributed by atoms with Crippen molar-refractivity contribution in [3.63, 3.8) is 0 Å². The molecule has 0 unspecified atom stereocenters. The maximum Gasteiger partial charge on any atom is 0.271 e. The Hall–Kier alpha value is -2.09. The number of fused-ring (bicyclic) bond motifs is 1. The van der Waals surface area contributed by atoms with E-state index in [1.165, 1.54) is 6.33 Å². The largest absolute Gasteiger partial charge is 0.380 e. The third kappa shape index (κ3) is 1.31. The highest BCUT2D eigenvalue weighted by Crippen LogP contribution is 2.14. The van der Waals surface area contributed by atoms with Crippen molar-refractivity contribution in [2.24, 2.45) is 0 Å². The number of anilines is 1. The second-order valence-corrected chi connectivity index (χ2v) is 3.80. The van der Waals surface area contributed by atoms with Crippen LogP contribution in [-0.2, 0) is 5.54 Å². The van der Waals surface area contributed by atoms with Gasteiger partial charge in [-0.3, -0.25) is 0 Å². The van der Waals surface area contributed by atoms with Crippen molar-refractivity contribution in [1.29, 1.82) is 0 Å². The second-order valence-electron chi connectivity index (χ2n) is 3.80. The molecule has 0 amide bonds. The fourth-order valence-corrected chi connectivity index (χ4v) is 1.44. The van der Waals surface area contributed by atoms with Crippen molar-refractivity contribution in [3.05, 3.63) is 12.7 Å². The molecule has 15 heavy (non-hydrogen) atoms. The van der Waals surface area contributed by atoms with Gasteiger partial charge in [-0.2, -0.15) is 4.98 Å². The van der Waals surface area contributed by atoms with Crippen LogP contribution in [0.4, 0.5) is 5.82 Å². The Bertz CT molecular complexity index is 546. The number of nitrogens with two attached hydrogens (primary N) is 1. The Labute approximate surface area is 87.4 Å². The van der Waals surface area contributed by atoms with Gasteiger partial charge >= 0.3 is 0 Å². The Kier molecular flexibility index (Phi) is 1.86. The summed E-state index contributed by atoms with van der Waals surface area (Å²) >= 11 is 0. The highest BCUT2D eigenvalue weighted by atomic mass is 15.2. The van der Waals surface area contributed by atoms with Crippen molar-refractivity contribution >= 4 is 17.0 Å². The first-order valence-corrected chi connectivity index (χ1v) is 4.54. The highest BCUT2D eigenvalue weighted by Gasteiger charge is 2.27. The van der Waals surface area contributed by atoms with E-state index < -0.39 is 5.54 Å². The topological polar surface area (TPSA) is 71.5 Å². The summed E-state index contributed by atoms with van der Waals surface area (Å²) in [6.45, 7) is 3.85. The van der Waals surface area contributed by atoms with Gasteiger partial charge in [-0.1, -0.05) is 5.92 Å². The summed E-state index contributed by atoms with van der Waals surface area (Å²) in [5, 5.41) is 0. The van der Waals surface area contributed by atoms with E-state index in [9.17, 15) is 0 Å². The van der Waals surface area contributed by atoms with Gasteiger partial charge in [-0.15, -0.1) is 6.42 Å². The summed E-state index contributed by atoms with van der Waals surface area (Å²) in [7, 11) is 0. The van der Waals surface area contributed by atoms with Gasteiger partial charge in [0.25, 0.3) is 5.65 Å². The lowest BCUT2D eigenvalue weighted by atomic mass is 10.1. The SMILES string of the molecule is C#CC(C)(C)[n+]1c[nH]c2ncnc(N)c21. The third-order valence-corrected chi connectivity index (χ3v) is 2.38. The fraction of sp³-hybridized carbons (Fsp3) is 0.300. The van der Waals surface area contributed by atoms with Gasteiger partial charge in [0.1, 0.15) is 6.33 Å². The number of terminal acetylenes is 1. The lowest BCUT2D eigenvalue weighted by Gasteiger charge is -2.13. The molecule has 0 saturated heterocycles. The Balaban J connectivity index is 2.80. The maximum absolute atomic E-state index is 5.79. The van der Waals surface area contributed by atoms with Crippen molar-refractivity contribution in [2.75, 3.05) is 5.73 Å². The van der Waals surface area contributed by atoms with E-state index in [4.69, 9.17) is 12.2 Å². The standard InChI is InChI=1S/C10H11N5/c1-4-10(2,3)15-6-14-9-7(15)8(11)12-5-13-9/h1,5-6H,2-3H3,(H2,11,12,13)/p+1. The van der Waals surface area contributed by atoms with Gasteiger partial charge in [-0.25, -0.2) is 14.5 Å². The zero-order valence-corrected chi connectivity index (χ0v) is 8.65. The zero-order chi connectivity index (χ0) is 11.1. The van der Waals surface area contributed by atoms with Gasteiger partial charge in [-0.05, 0) is 13.8 Å². The van der Waals surface area contributed by atoms with Crippen molar-refractivity contribution in [1.82, 2.24) is 15.0 Å². The van der Waals surface area contributed by atoms with Gasteiger partial charge in [0.2, 0.25) is 11.8 Å². The van der Waals surface area contributed by atoms with E-state index >= 15 is 0 Å². The van der Waals surface area contributed by atoms with Crippen LogP contribution < -0.4 is 10.3 Å². The number of nitrogen functional groups attached to an aromatic ring is 1. The quantitative estimate of drug-likeness (QED) is 0.512. The van der Waals surface area contributed by atoms with Crippen LogP contribution >= 0.6 is 0 Å². The number of aromatic nitrogens is 4. The number of H-pyrrole nitrogens is 1. The molecular weight excluding hydrogens is 190 g/mol. The molecule has 0 atom stereocenters. The molecule has 0 fully saturated rings. The van der Waals surface area contributed by atoms with E-state index in [1.807, 2.05) is 18.4 Å². The Morgan fingerprint density at radius 1 is 1.53 bits per heavy atom. The number of nitrogens with one attached hydrogen (secondary N) is 1. The van der Waals surface area contributed by atoms with E-state index in [0.717, 1.165) is 5.52 Å². The summed E-state index contributed by atoms with van der Waals surface area (Å²) in [6, 6.07) is 0. The molecular formula is C10H12N5+. The highest BCUT2D eigenvalue weighted by molar-refractivity contribution is 5.77. The van der Waals surface area contributed by atoms with Gasteiger partial charge < -0.3 is 5.73 Å². The molecule has 76 valence electrons. The van der Waals surface area contributed by atoms with Crippen molar-refractivity contribution < 1.29 is 4.57 Å². The molecule has 5 nitrogen and oxygen atoms in total. The number of nitrogens with zero attached hydrogens (tertiary/aromatic N) is 3. The molecule has 0 aliphatic carbocycles. The molecule has 3 N–H and O–H groups in total. The summed E-state index contributed by atoms with van der Waals surface area (Å²) in [5.74, 6) is 3.12. The lowest BCUT2D eigenvalue weighted by Crippen LogP contribution is -2.50. The van der Waals surface area contributed by atoms with E-state index in [0.29, 0.717) is 11.5 Å². The average Bonchev–Trinajstić information content (AvgIpc) is 2.63. The van der Waals surface area contributed by atoms with Crippen LogP contribution in [0.15, 0.2) is 12.7 Å². The predicted octanol–water partition coefficient (Wildman–Crippen LogP) is 0.196. The molecule has 2 heterocycles. The normalized spacial score (nSPS) is 11.5. The molecule has 2 aromatic rings. The summed E-state index contributed by atoms with van der Waals surface area (Å²) in [6.07, 6.45) is 8.65. The number of aromatic amines is 1. The molecule has 2 rings (SSSR count). The van der Waals surface area contributed by atoms with Gasteiger partial charge in [0.05, 0.1) is 0 Å². The molecule has 0 aliphatic rings. The number of rotatable bonds is 1. The Morgan fingerprint density at radius 2 is 2.27 bits per heavy atom. The van der Waals surface area contributed by atoms with Gasteiger partial charge in [0.15, 0.2) is 11.4 Å². The van der Waals surface area contributed by atoms with Crippen LogP contribution in [0.1, 0.15) is 13.8 Å². The molecule has 0 radical (unpaired) electrons. The molecule has 0 aromatic carbocycles. The summed E-state index contributed by atoms with van der Waals surface area (Å²) in [5.41, 5.74) is 6.75. The zero-order valence-electron chi connectivity index (χ0n) is 8.65. The minimum atomic E-state index is -0.461. The summed E-state index contributed by atoms with van der Waals surface area (Å²) < 4.78 is 1.86. The fourth-order valence-electron chi connectivity index (χ4n) is 1.44. The number of imidazole rings is 1. The molecule has 0 saturated carbocycles. The van der Waals surface area contributed by atoms with Crippen LogP contribution in [0, 0.1) is 12.3 Å².